The second-order valence-electron chi connectivity index (χ2n) is 7.48. The molecule has 2 aromatic carbocycles. The average Bonchev–Trinajstić information content (AvgIpc) is 3.26. The largest absolute Gasteiger partial charge is 0.497 e. The van der Waals surface area contributed by atoms with Gasteiger partial charge in [-0.15, -0.1) is 0 Å². The Balaban J connectivity index is 1.49. The number of carbonyl (C=O) groups is 1. The predicted octanol–water partition coefficient (Wildman–Crippen LogP) is 3.70. The third kappa shape index (κ3) is 5.41. The maximum absolute atomic E-state index is 12.9. The van der Waals surface area contributed by atoms with E-state index in [9.17, 15) is 13.2 Å². The number of hydrogen-bond acceptors (Lipinski definition) is 6. The number of methoxy groups -OCH3 is 1. The highest BCUT2D eigenvalue weighted by Crippen LogP contribution is 2.22. The molecular weight excluding hydrogens is 454 g/mol. The van der Waals surface area contributed by atoms with E-state index in [-0.39, 0.29) is 10.5 Å². The number of carbonyl (C=O) groups excluding carboxylic acids is 1. The van der Waals surface area contributed by atoms with Crippen molar-refractivity contribution in [2.24, 2.45) is 0 Å². The maximum atomic E-state index is 12.9. The van der Waals surface area contributed by atoms with Crippen molar-refractivity contribution in [1.29, 1.82) is 0 Å². The van der Waals surface area contributed by atoms with Crippen LogP contribution in [0.1, 0.15) is 21.6 Å². The Kier molecular flexibility index (Phi) is 6.60. The summed E-state index contributed by atoms with van der Waals surface area (Å²) in [6.07, 6.45) is 3.44. The van der Waals surface area contributed by atoms with Gasteiger partial charge in [0.25, 0.3) is 15.9 Å². The lowest BCUT2D eigenvalue weighted by molar-refractivity contribution is 0.102. The number of pyridine rings is 1. The molecule has 0 fully saturated rings. The molecule has 0 saturated heterocycles. The molecule has 1 amide bonds. The third-order valence-electron chi connectivity index (χ3n) is 5.04. The summed E-state index contributed by atoms with van der Waals surface area (Å²) >= 11 is 0. The quantitative estimate of drug-likeness (QED) is 0.400. The first-order valence-electron chi connectivity index (χ1n) is 10.4. The summed E-state index contributed by atoms with van der Waals surface area (Å²) in [5.41, 5.74) is 2.08. The lowest BCUT2D eigenvalue weighted by Gasteiger charge is -2.11. The Hall–Kier alpha value is -4.18. The van der Waals surface area contributed by atoms with E-state index in [0.29, 0.717) is 29.4 Å². The van der Waals surface area contributed by atoms with E-state index < -0.39 is 15.9 Å². The summed E-state index contributed by atoms with van der Waals surface area (Å²) in [6.45, 7) is 2.20. The number of benzene rings is 2. The van der Waals surface area contributed by atoms with Crippen molar-refractivity contribution in [1.82, 2.24) is 14.8 Å². The zero-order valence-corrected chi connectivity index (χ0v) is 19.4. The van der Waals surface area contributed by atoms with Crippen LogP contribution in [0.15, 0.2) is 84.0 Å². The van der Waals surface area contributed by atoms with E-state index in [2.05, 4.69) is 20.1 Å². The first kappa shape index (κ1) is 23.0. The Morgan fingerprint density at radius 1 is 1.06 bits per heavy atom. The van der Waals surface area contributed by atoms with E-state index in [1.54, 1.807) is 60.4 Å². The molecule has 10 heteroatoms. The predicted molar refractivity (Wildman–Crippen MR) is 129 cm³/mol. The number of aromatic nitrogens is 3. The minimum Gasteiger partial charge on any atom is -0.497 e. The highest BCUT2D eigenvalue weighted by atomic mass is 32.2. The SMILES string of the molecule is COc1ccc(NS(=O)(=O)c2ccc(C)c(C(=O)Nc3ccn(Cc4ccccn4)n3)c2)cc1. The van der Waals surface area contributed by atoms with E-state index in [1.165, 1.54) is 19.2 Å². The van der Waals surface area contributed by atoms with E-state index in [0.717, 1.165) is 5.69 Å². The second kappa shape index (κ2) is 9.75. The smallest absolute Gasteiger partial charge is 0.261 e. The Labute approximate surface area is 197 Å². The monoisotopic (exact) mass is 477 g/mol. The van der Waals surface area contributed by atoms with Gasteiger partial charge in [0.05, 0.1) is 24.2 Å². The normalized spacial score (nSPS) is 11.1. The highest BCUT2D eigenvalue weighted by molar-refractivity contribution is 7.92. The van der Waals surface area contributed by atoms with Gasteiger partial charge in [0.1, 0.15) is 5.75 Å². The van der Waals surface area contributed by atoms with E-state index >= 15 is 0 Å². The van der Waals surface area contributed by atoms with Crippen LogP contribution in [-0.4, -0.2) is 36.2 Å². The molecule has 0 radical (unpaired) electrons. The maximum Gasteiger partial charge on any atom is 0.261 e. The molecule has 0 spiro atoms. The molecule has 0 saturated carbocycles. The zero-order chi connectivity index (χ0) is 24.1. The molecule has 4 rings (SSSR count). The van der Waals surface area contributed by atoms with Crippen molar-refractivity contribution >= 4 is 27.4 Å². The van der Waals surface area contributed by atoms with Gasteiger partial charge in [-0.1, -0.05) is 12.1 Å². The van der Waals surface area contributed by atoms with Crippen LogP contribution in [0.5, 0.6) is 5.75 Å². The minimum atomic E-state index is -3.91. The summed E-state index contributed by atoms with van der Waals surface area (Å²) in [5, 5.41) is 7.07. The molecule has 2 aromatic heterocycles. The molecule has 9 nitrogen and oxygen atoms in total. The van der Waals surface area contributed by atoms with Crippen molar-refractivity contribution in [2.45, 2.75) is 18.4 Å². The lowest BCUT2D eigenvalue weighted by Crippen LogP contribution is -2.17. The van der Waals surface area contributed by atoms with Crippen molar-refractivity contribution in [3.05, 3.63) is 95.9 Å². The van der Waals surface area contributed by atoms with Crippen LogP contribution in [0.3, 0.4) is 0 Å². The van der Waals surface area contributed by atoms with Gasteiger partial charge in [0.2, 0.25) is 0 Å². The average molecular weight is 478 g/mol. The van der Waals surface area contributed by atoms with Gasteiger partial charge in [0.15, 0.2) is 5.82 Å². The number of nitrogens with one attached hydrogen (secondary N) is 2. The van der Waals surface area contributed by atoms with Gasteiger partial charge in [-0.3, -0.25) is 19.2 Å². The molecule has 2 heterocycles. The van der Waals surface area contributed by atoms with Gasteiger partial charge in [0, 0.05) is 29.7 Å². The van der Waals surface area contributed by atoms with Crippen molar-refractivity contribution < 1.29 is 17.9 Å². The number of rotatable bonds is 8. The molecule has 0 aliphatic carbocycles. The van der Waals surface area contributed by atoms with Crippen LogP contribution in [0.2, 0.25) is 0 Å². The van der Waals surface area contributed by atoms with Crippen molar-refractivity contribution in [3.8, 4) is 5.75 Å². The summed E-state index contributed by atoms with van der Waals surface area (Å²) in [6, 6.07) is 18.2. The van der Waals surface area contributed by atoms with Gasteiger partial charge in [-0.2, -0.15) is 5.10 Å². The number of amides is 1. The lowest BCUT2D eigenvalue weighted by atomic mass is 10.1. The topological polar surface area (TPSA) is 115 Å². The fourth-order valence-corrected chi connectivity index (χ4v) is 4.33. The van der Waals surface area contributed by atoms with Crippen LogP contribution in [0.4, 0.5) is 11.5 Å². The van der Waals surface area contributed by atoms with Gasteiger partial charge in [-0.05, 0) is 61.0 Å². The molecule has 0 aliphatic rings. The Morgan fingerprint density at radius 3 is 2.56 bits per heavy atom. The molecule has 0 atom stereocenters. The van der Waals surface area contributed by atoms with Gasteiger partial charge in [-0.25, -0.2) is 8.42 Å². The summed E-state index contributed by atoms with van der Waals surface area (Å²) in [5.74, 6) is 0.506. The molecule has 34 heavy (non-hydrogen) atoms. The number of ether oxygens (including phenoxy) is 1. The van der Waals surface area contributed by atoms with Crippen LogP contribution >= 0.6 is 0 Å². The summed E-state index contributed by atoms with van der Waals surface area (Å²) < 4.78 is 35.0. The number of sulfonamides is 1. The Morgan fingerprint density at radius 2 is 1.85 bits per heavy atom. The van der Waals surface area contributed by atoms with E-state index in [4.69, 9.17) is 4.74 Å². The number of nitrogens with zero attached hydrogens (tertiary/aromatic N) is 3. The summed E-state index contributed by atoms with van der Waals surface area (Å²) in [4.78, 5) is 17.1. The number of hydrogen-bond donors (Lipinski definition) is 2. The Bertz CT molecular complexity index is 1400. The van der Waals surface area contributed by atoms with Crippen LogP contribution in [-0.2, 0) is 16.6 Å². The van der Waals surface area contributed by atoms with Crippen LogP contribution < -0.4 is 14.8 Å². The van der Waals surface area contributed by atoms with Crippen molar-refractivity contribution in [2.75, 3.05) is 17.1 Å². The fourth-order valence-electron chi connectivity index (χ4n) is 3.24. The second-order valence-corrected chi connectivity index (χ2v) is 9.17. The standard InChI is InChI=1S/C24H23N5O4S/c1-17-6-11-21(34(31,32)28-18-7-9-20(33-2)10-8-18)15-22(17)24(30)26-23-12-14-29(27-23)16-19-5-3-4-13-25-19/h3-15,28H,16H2,1-2H3,(H,26,27,30). The molecule has 0 unspecified atom stereocenters. The first-order valence-corrected chi connectivity index (χ1v) is 11.8. The van der Waals surface area contributed by atoms with Gasteiger partial charge >= 0.3 is 0 Å². The minimum absolute atomic E-state index is 0.0280. The highest BCUT2D eigenvalue weighted by Gasteiger charge is 2.19. The molecule has 2 N–H and O–H groups in total. The fraction of sp³-hybridized carbons (Fsp3) is 0.125. The number of aryl methyl sites for hydroxylation is 1. The first-order chi connectivity index (χ1) is 16.3. The summed E-state index contributed by atoms with van der Waals surface area (Å²) in [7, 11) is -2.38. The molecule has 174 valence electrons. The molecular formula is C24H23N5O4S. The zero-order valence-electron chi connectivity index (χ0n) is 18.6. The van der Waals surface area contributed by atoms with Gasteiger partial charge < -0.3 is 10.1 Å². The van der Waals surface area contributed by atoms with Crippen LogP contribution in [0.25, 0.3) is 0 Å². The number of anilines is 2. The molecule has 4 aromatic rings. The van der Waals surface area contributed by atoms with E-state index in [1.807, 2.05) is 18.2 Å². The van der Waals surface area contributed by atoms with Crippen LogP contribution in [0, 0.1) is 6.92 Å². The molecule has 0 aliphatic heterocycles. The molecule has 0 bridgehead atoms. The van der Waals surface area contributed by atoms with Crippen molar-refractivity contribution in [3.63, 3.8) is 0 Å². The third-order valence-corrected chi connectivity index (χ3v) is 6.42.